The molecule has 1 saturated heterocycles. The molecule has 26 heavy (non-hydrogen) atoms. The molecular weight excluding hydrogens is 340 g/mol. The summed E-state index contributed by atoms with van der Waals surface area (Å²) in [6, 6.07) is 12.7. The van der Waals surface area contributed by atoms with Crippen LogP contribution in [0.15, 0.2) is 53.1 Å². The highest BCUT2D eigenvalue weighted by Crippen LogP contribution is 2.28. The Balaban J connectivity index is 1.38. The molecule has 2 heterocycles. The largest absolute Gasteiger partial charge is 0.339 e. The number of nitrogens with zero attached hydrogens (tertiary/aromatic N) is 3. The molecule has 0 bridgehead atoms. The molecular formula is C19H15F2N3O2. The van der Waals surface area contributed by atoms with Crippen molar-refractivity contribution in [1.29, 1.82) is 0 Å². The van der Waals surface area contributed by atoms with E-state index in [2.05, 4.69) is 10.1 Å². The number of likely N-dealkylation sites (tertiary alicyclic amines) is 1. The lowest BCUT2D eigenvalue weighted by atomic mass is 9.98. The third kappa shape index (κ3) is 3.20. The highest BCUT2D eigenvalue weighted by atomic mass is 19.1. The molecule has 4 rings (SSSR count). The van der Waals surface area contributed by atoms with E-state index in [1.54, 1.807) is 0 Å². The van der Waals surface area contributed by atoms with Crippen molar-refractivity contribution in [2.24, 2.45) is 0 Å². The van der Waals surface area contributed by atoms with Gasteiger partial charge in [-0.3, -0.25) is 4.79 Å². The minimum atomic E-state index is -0.860. The van der Waals surface area contributed by atoms with E-state index in [0.29, 0.717) is 37.3 Å². The van der Waals surface area contributed by atoms with Gasteiger partial charge in [0, 0.05) is 25.6 Å². The van der Waals surface area contributed by atoms with Crippen LogP contribution in [0.1, 0.15) is 33.6 Å². The third-order valence-electron chi connectivity index (χ3n) is 4.37. The van der Waals surface area contributed by atoms with E-state index >= 15 is 0 Å². The van der Waals surface area contributed by atoms with Crippen LogP contribution in [0.4, 0.5) is 8.78 Å². The van der Waals surface area contributed by atoms with Crippen molar-refractivity contribution in [3.8, 4) is 0 Å². The first-order valence-electron chi connectivity index (χ1n) is 8.21. The number of carbonyl (C=O) groups excluding carboxylic acids is 1. The number of aromatic nitrogens is 2. The van der Waals surface area contributed by atoms with E-state index in [9.17, 15) is 13.6 Å². The van der Waals surface area contributed by atoms with Crippen LogP contribution in [-0.2, 0) is 6.42 Å². The van der Waals surface area contributed by atoms with E-state index < -0.39 is 17.5 Å². The quantitative estimate of drug-likeness (QED) is 0.721. The first-order chi connectivity index (χ1) is 12.6. The fourth-order valence-corrected chi connectivity index (χ4v) is 2.92. The minimum Gasteiger partial charge on any atom is -0.339 e. The highest BCUT2D eigenvalue weighted by Gasteiger charge is 2.36. The number of rotatable bonds is 4. The molecule has 1 fully saturated rings. The van der Waals surface area contributed by atoms with Crippen molar-refractivity contribution in [2.75, 3.05) is 13.1 Å². The van der Waals surface area contributed by atoms with Gasteiger partial charge in [0.25, 0.3) is 5.91 Å². The SMILES string of the molecule is O=C(c1ccc(F)cc1F)N1CC(c2nc(Cc3ccccc3)no2)C1. The summed E-state index contributed by atoms with van der Waals surface area (Å²) < 4.78 is 32.0. The average molecular weight is 355 g/mol. The van der Waals surface area contributed by atoms with Crippen molar-refractivity contribution in [3.63, 3.8) is 0 Å². The summed E-state index contributed by atoms with van der Waals surface area (Å²) in [7, 11) is 0. The summed E-state index contributed by atoms with van der Waals surface area (Å²) >= 11 is 0. The Morgan fingerprint density at radius 1 is 1.15 bits per heavy atom. The van der Waals surface area contributed by atoms with E-state index in [1.165, 1.54) is 4.90 Å². The van der Waals surface area contributed by atoms with Gasteiger partial charge in [0.2, 0.25) is 5.89 Å². The molecule has 0 aliphatic carbocycles. The van der Waals surface area contributed by atoms with Crippen LogP contribution in [0.25, 0.3) is 0 Å². The van der Waals surface area contributed by atoms with Gasteiger partial charge in [-0.1, -0.05) is 35.5 Å². The molecule has 0 spiro atoms. The molecule has 1 aliphatic rings. The van der Waals surface area contributed by atoms with E-state index in [-0.39, 0.29) is 11.5 Å². The Morgan fingerprint density at radius 2 is 1.92 bits per heavy atom. The number of carbonyl (C=O) groups is 1. The summed E-state index contributed by atoms with van der Waals surface area (Å²) in [4.78, 5) is 18.1. The fourth-order valence-electron chi connectivity index (χ4n) is 2.92. The molecule has 0 N–H and O–H groups in total. The molecule has 2 aromatic carbocycles. The smallest absolute Gasteiger partial charge is 0.256 e. The molecule has 1 aliphatic heterocycles. The van der Waals surface area contributed by atoms with Crippen molar-refractivity contribution in [1.82, 2.24) is 15.0 Å². The van der Waals surface area contributed by atoms with Crippen molar-refractivity contribution in [3.05, 3.63) is 83.0 Å². The zero-order valence-corrected chi connectivity index (χ0v) is 13.7. The van der Waals surface area contributed by atoms with Crippen LogP contribution in [0.5, 0.6) is 0 Å². The molecule has 0 saturated carbocycles. The lowest BCUT2D eigenvalue weighted by Gasteiger charge is -2.37. The minimum absolute atomic E-state index is 0.0699. The summed E-state index contributed by atoms with van der Waals surface area (Å²) in [6.45, 7) is 0.727. The van der Waals surface area contributed by atoms with Crippen molar-refractivity contribution >= 4 is 5.91 Å². The van der Waals surface area contributed by atoms with Gasteiger partial charge in [0.15, 0.2) is 5.82 Å². The fraction of sp³-hybridized carbons (Fsp3) is 0.211. The van der Waals surface area contributed by atoms with Crippen LogP contribution in [-0.4, -0.2) is 34.0 Å². The number of halogens is 2. The summed E-state index contributed by atoms with van der Waals surface area (Å²) in [6.07, 6.45) is 0.570. The van der Waals surface area contributed by atoms with Gasteiger partial charge in [-0.15, -0.1) is 0 Å². The third-order valence-corrected chi connectivity index (χ3v) is 4.37. The van der Waals surface area contributed by atoms with E-state index in [1.807, 2.05) is 30.3 Å². The summed E-state index contributed by atoms with van der Waals surface area (Å²) in [5.74, 6) is -1.05. The Kier molecular flexibility index (Phi) is 4.20. The Hall–Kier alpha value is -3.09. The molecule has 1 aromatic heterocycles. The average Bonchev–Trinajstić information content (AvgIpc) is 3.02. The molecule has 0 atom stereocenters. The molecule has 3 aromatic rings. The second kappa shape index (κ2) is 6.67. The van der Waals surface area contributed by atoms with E-state index in [0.717, 1.165) is 17.7 Å². The van der Waals surface area contributed by atoms with Crippen molar-refractivity contribution in [2.45, 2.75) is 12.3 Å². The second-order valence-corrected chi connectivity index (χ2v) is 6.24. The highest BCUT2D eigenvalue weighted by molar-refractivity contribution is 5.95. The van der Waals surface area contributed by atoms with Crippen LogP contribution in [0, 0.1) is 11.6 Å². The van der Waals surface area contributed by atoms with Gasteiger partial charge >= 0.3 is 0 Å². The zero-order valence-electron chi connectivity index (χ0n) is 13.7. The maximum Gasteiger partial charge on any atom is 0.256 e. The predicted molar refractivity (Wildman–Crippen MR) is 88.5 cm³/mol. The number of hydrogen-bond donors (Lipinski definition) is 0. The molecule has 0 unspecified atom stereocenters. The lowest BCUT2D eigenvalue weighted by Crippen LogP contribution is -2.48. The molecule has 5 nitrogen and oxygen atoms in total. The maximum absolute atomic E-state index is 13.7. The summed E-state index contributed by atoms with van der Waals surface area (Å²) in [5.41, 5.74) is 0.942. The van der Waals surface area contributed by atoms with Crippen LogP contribution < -0.4 is 0 Å². The van der Waals surface area contributed by atoms with E-state index in [4.69, 9.17) is 4.52 Å². The van der Waals surface area contributed by atoms with Gasteiger partial charge in [-0.05, 0) is 17.7 Å². The van der Waals surface area contributed by atoms with Crippen molar-refractivity contribution < 1.29 is 18.1 Å². The zero-order chi connectivity index (χ0) is 18.1. The topological polar surface area (TPSA) is 59.2 Å². The predicted octanol–water partition coefficient (Wildman–Crippen LogP) is 3.18. The molecule has 1 amide bonds. The number of amides is 1. The second-order valence-electron chi connectivity index (χ2n) is 6.24. The van der Waals surface area contributed by atoms with Gasteiger partial charge in [-0.25, -0.2) is 8.78 Å². The molecule has 0 radical (unpaired) electrons. The number of benzene rings is 2. The van der Waals surface area contributed by atoms with Gasteiger partial charge < -0.3 is 9.42 Å². The maximum atomic E-state index is 13.7. The Morgan fingerprint density at radius 3 is 2.65 bits per heavy atom. The van der Waals surface area contributed by atoms with Crippen LogP contribution in [0.3, 0.4) is 0 Å². The number of hydrogen-bond acceptors (Lipinski definition) is 4. The van der Waals surface area contributed by atoms with Gasteiger partial charge in [0.1, 0.15) is 11.6 Å². The summed E-state index contributed by atoms with van der Waals surface area (Å²) in [5, 5.41) is 3.98. The Labute approximate surface area is 148 Å². The molecule has 7 heteroatoms. The Bertz CT molecular complexity index is 937. The normalized spacial score (nSPS) is 14.3. The standard InChI is InChI=1S/C19H15F2N3O2/c20-14-6-7-15(16(21)9-14)19(25)24-10-13(11-24)18-22-17(23-26-18)8-12-4-2-1-3-5-12/h1-7,9,13H,8,10-11H2. The molecule has 132 valence electrons. The van der Waals surface area contributed by atoms with Crippen LogP contribution in [0.2, 0.25) is 0 Å². The lowest BCUT2D eigenvalue weighted by molar-refractivity contribution is 0.0564. The monoisotopic (exact) mass is 355 g/mol. The first kappa shape index (κ1) is 16.4. The van der Waals surface area contributed by atoms with Crippen LogP contribution >= 0.6 is 0 Å². The van der Waals surface area contributed by atoms with Gasteiger partial charge in [0.05, 0.1) is 11.5 Å². The van der Waals surface area contributed by atoms with Gasteiger partial charge in [-0.2, -0.15) is 4.98 Å². The first-order valence-corrected chi connectivity index (χ1v) is 8.21.